The quantitative estimate of drug-likeness (QED) is 0.895. The van der Waals surface area contributed by atoms with Gasteiger partial charge in [0.05, 0.1) is 11.7 Å². The van der Waals surface area contributed by atoms with Crippen LogP contribution in [0.4, 0.5) is 13.2 Å². The molecule has 1 aliphatic rings. The van der Waals surface area contributed by atoms with Crippen molar-refractivity contribution < 1.29 is 13.2 Å². The van der Waals surface area contributed by atoms with Crippen molar-refractivity contribution in [2.45, 2.75) is 24.4 Å². The Balaban J connectivity index is 2.29. The number of halogens is 3. The summed E-state index contributed by atoms with van der Waals surface area (Å²) in [5.74, 6) is 0.438. The second-order valence-corrected chi connectivity index (χ2v) is 4.74. The molecule has 1 saturated carbocycles. The van der Waals surface area contributed by atoms with E-state index in [0.717, 1.165) is 18.9 Å². The second kappa shape index (κ2) is 3.47. The van der Waals surface area contributed by atoms with E-state index in [4.69, 9.17) is 5.73 Å². The van der Waals surface area contributed by atoms with Crippen LogP contribution < -0.4 is 5.73 Å². The second-order valence-electron chi connectivity index (χ2n) is 4.74. The number of hydrogen-bond donors (Lipinski definition) is 1. The van der Waals surface area contributed by atoms with Gasteiger partial charge < -0.3 is 5.73 Å². The standard InChI is InChI=1S/C12H12F3N3/c13-12(14,15)9-3-1-2-8-6-17-10(18(8)9)11(7-16)4-5-11/h1-3,6H,4-5,7,16H2. The van der Waals surface area contributed by atoms with Crippen molar-refractivity contribution in [3.8, 4) is 0 Å². The van der Waals surface area contributed by atoms with E-state index in [9.17, 15) is 13.2 Å². The van der Waals surface area contributed by atoms with Crippen molar-refractivity contribution in [1.29, 1.82) is 0 Å². The number of aromatic nitrogens is 2. The lowest BCUT2D eigenvalue weighted by molar-refractivity contribution is -0.142. The van der Waals surface area contributed by atoms with E-state index in [-0.39, 0.29) is 5.41 Å². The van der Waals surface area contributed by atoms with Gasteiger partial charge in [0.2, 0.25) is 0 Å². The zero-order valence-electron chi connectivity index (χ0n) is 9.54. The highest BCUT2D eigenvalue weighted by Gasteiger charge is 2.47. The first-order valence-electron chi connectivity index (χ1n) is 5.72. The maximum Gasteiger partial charge on any atom is 0.431 e. The monoisotopic (exact) mass is 255 g/mol. The summed E-state index contributed by atoms with van der Waals surface area (Å²) in [5.41, 5.74) is 5.08. The van der Waals surface area contributed by atoms with Crippen molar-refractivity contribution >= 4 is 5.52 Å². The molecule has 3 nitrogen and oxygen atoms in total. The fourth-order valence-electron chi connectivity index (χ4n) is 2.31. The molecule has 0 aliphatic heterocycles. The Morgan fingerprint density at radius 1 is 1.33 bits per heavy atom. The van der Waals surface area contributed by atoms with E-state index >= 15 is 0 Å². The van der Waals surface area contributed by atoms with E-state index in [1.54, 1.807) is 6.07 Å². The molecule has 0 saturated heterocycles. The number of fused-ring (bicyclic) bond motifs is 1. The van der Waals surface area contributed by atoms with Gasteiger partial charge in [0, 0.05) is 12.0 Å². The Labute approximate surface area is 101 Å². The Hall–Kier alpha value is -1.56. The minimum Gasteiger partial charge on any atom is -0.329 e. The van der Waals surface area contributed by atoms with Gasteiger partial charge >= 0.3 is 6.18 Å². The van der Waals surface area contributed by atoms with Gasteiger partial charge in [-0.1, -0.05) is 6.07 Å². The van der Waals surface area contributed by atoms with Gasteiger partial charge in [0.1, 0.15) is 11.5 Å². The van der Waals surface area contributed by atoms with Crippen molar-refractivity contribution in [1.82, 2.24) is 9.38 Å². The first kappa shape index (κ1) is 11.5. The van der Waals surface area contributed by atoms with Crippen LogP contribution in [0.3, 0.4) is 0 Å². The van der Waals surface area contributed by atoms with Gasteiger partial charge in [-0.25, -0.2) is 4.98 Å². The van der Waals surface area contributed by atoms with Crippen LogP contribution >= 0.6 is 0 Å². The average molecular weight is 255 g/mol. The fourth-order valence-corrected chi connectivity index (χ4v) is 2.31. The summed E-state index contributed by atoms with van der Waals surface area (Å²) in [6.07, 6.45) is -1.32. The molecule has 0 atom stereocenters. The molecular formula is C12H12F3N3. The molecule has 0 bridgehead atoms. The number of alkyl halides is 3. The Morgan fingerprint density at radius 2 is 2.06 bits per heavy atom. The molecule has 6 heteroatoms. The summed E-state index contributed by atoms with van der Waals surface area (Å²) < 4.78 is 40.2. The highest BCUT2D eigenvalue weighted by atomic mass is 19.4. The third-order valence-corrected chi connectivity index (χ3v) is 3.56. The largest absolute Gasteiger partial charge is 0.431 e. The molecule has 0 radical (unpaired) electrons. The SMILES string of the molecule is NCC1(c2ncc3cccc(C(F)(F)F)n23)CC1. The van der Waals surface area contributed by atoms with Gasteiger partial charge in [-0.3, -0.25) is 4.40 Å². The summed E-state index contributed by atoms with van der Waals surface area (Å²) in [6, 6.07) is 4.09. The summed E-state index contributed by atoms with van der Waals surface area (Å²) >= 11 is 0. The molecule has 0 aromatic carbocycles. The number of imidazole rings is 1. The molecule has 18 heavy (non-hydrogen) atoms. The van der Waals surface area contributed by atoms with Crippen LogP contribution in [0.1, 0.15) is 24.4 Å². The predicted molar refractivity (Wildman–Crippen MR) is 60.2 cm³/mol. The molecule has 0 unspecified atom stereocenters. The summed E-state index contributed by atoms with van der Waals surface area (Å²) in [6.45, 7) is 0.332. The summed E-state index contributed by atoms with van der Waals surface area (Å²) in [4.78, 5) is 4.16. The van der Waals surface area contributed by atoms with Gasteiger partial charge in [-0.15, -0.1) is 0 Å². The van der Waals surface area contributed by atoms with E-state index in [2.05, 4.69) is 4.98 Å². The molecule has 2 N–H and O–H groups in total. The minimum atomic E-state index is -4.39. The topological polar surface area (TPSA) is 43.3 Å². The number of nitrogens with zero attached hydrogens (tertiary/aromatic N) is 2. The van der Waals surface area contributed by atoms with Crippen LogP contribution in [0, 0.1) is 0 Å². The van der Waals surface area contributed by atoms with Crippen LogP contribution in [0.2, 0.25) is 0 Å². The molecule has 1 aliphatic carbocycles. The summed E-state index contributed by atoms with van der Waals surface area (Å²) in [7, 11) is 0. The molecule has 96 valence electrons. The van der Waals surface area contributed by atoms with Gasteiger partial charge in [0.25, 0.3) is 0 Å². The number of rotatable bonds is 2. The lowest BCUT2D eigenvalue weighted by atomic mass is 10.1. The maximum absolute atomic E-state index is 13.0. The highest BCUT2D eigenvalue weighted by molar-refractivity contribution is 5.49. The molecule has 1 fully saturated rings. The van der Waals surface area contributed by atoms with Crippen LogP contribution in [-0.4, -0.2) is 15.9 Å². The smallest absolute Gasteiger partial charge is 0.329 e. The molecule has 2 heterocycles. The zero-order valence-corrected chi connectivity index (χ0v) is 9.54. The van der Waals surface area contributed by atoms with Crippen molar-refractivity contribution in [2.24, 2.45) is 5.73 Å². The van der Waals surface area contributed by atoms with Gasteiger partial charge in [-0.05, 0) is 25.0 Å². The Kier molecular flexibility index (Phi) is 2.22. The fraction of sp³-hybridized carbons (Fsp3) is 0.417. The molecule has 2 aromatic heterocycles. The van der Waals surface area contributed by atoms with Crippen LogP contribution in [0.15, 0.2) is 24.4 Å². The van der Waals surface area contributed by atoms with Gasteiger partial charge in [-0.2, -0.15) is 13.2 Å². The number of pyridine rings is 1. The lowest BCUT2D eigenvalue weighted by Crippen LogP contribution is -2.24. The molecular weight excluding hydrogens is 243 g/mol. The third kappa shape index (κ3) is 1.52. The lowest BCUT2D eigenvalue weighted by Gasteiger charge is -2.16. The first-order chi connectivity index (χ1) is 8.48. The summed E-state index contributed by atoms with van der Waals surface area (Å²) in [5, 5.41) is 0. The average Bonchev–Trinajstić information content (AvgIpc) is 3.00. The van der Waals surface area contributed by atoms with E-state index in [0.29, 0.717) is 17.9 Å². The molecule has 0 amide bonds. The van der Waals surface area contributed by atoms with E-state index < -0.39 is 11.9 Å². The van der Waals surface area contributed by atoms with Crippen LogP contribution in [-0.2, 0) is 11.6 Å². The number of hydrogen-bond acceptors (Lipinski definition) is 2. The van der Waals surface area contributed by atoms with Crippen molar-refractivity contribution in [3.05, 3.63) is 35.9 Å². The normalized spacial score (nSPS) is 18.2. The maximum atomic E-state index is 13.0. The third-order valence-electron chi connectivity index (χ3n) is 3.56. The van der Waals surface area contributed by atoms with Crippen molar-refractivity contribution in [3.63, 3.8) is 0 Å². The molecule has 0 spiro atoms. The highest BCUT2D eigenvalue weighted by Crippen LogP contribution is 2.47. The van der Waals surface area contributed by atoms with Crippen molar-refractivity contribution in [2.75, 3.05) is 6.54 Å². The van der Waals surface area contributed by atoms with E-state index in [1.165, 1.54) is 16.7 Å². The van der Waals surface area contributed by atoms with Crippen LogP contribution in [0.25, 0.3) is 5.52 Å². The van der Waals surface area contributed by atoms with Gasteiger partial charge in [0.15, 0.2) is 0 Å². The Morgan fingerprint density at radius 3 is 2.61 bits per heavy atom. The predicted octanol–water partition coefficient (Wildman–Crippen LogP) is 2.34. The molecule has 2 aromatic rings. The first-order valence-corrected chi connectivity index (χ1v) is 5.72. The zero-order chi connectivity index (χ0) is 13.0. The molecule has 3 rings (SSSR count). The minimum absolute atomic E-state index is 0.332. The Bertz CT molecular complexity index is 596. The van der Waals surface area contributed by atoms with Crippen LogP contribution in [0.5, 0.6) is 0 Å². The van der Waals surface area contributed by atoms with E-state index in [1.807, 2.05) is 0 Å². The number of nitrogens with two attached hydrogens (primary N) is 1.